The van der Waals surface area contributed by atoms with Crippen LogP contribution in [0.5, 0.6) is 0 Å². The summed E-state index contributed by atoms with van der Waals surface area (Å²) in [5.74, 6) is -0.329. The molecule has 1 aliphatic rings. The Kier molecular flexibility index (Phi) is 5.45. The van der Waals surface area contributed by atoms with Crippen molar-refractivity contribution in [2.75, 3.05) is 13.1 Å². The number of nitrogens with one attached hydrogen (secondary N) is 1. The maximum absolute atomic E-state index is 13.0. The molecule has 0 radical (unpaired) electrons. The number of nitrogens with zero attached hydrogens (tertiary/aromatic N) is 5. The summed E-state index contributed by atoms with van der Waals surface area (Å²) in [6.07, 6.45) is 3.14. The van der Waals surface area contributed by atoms with Gasteiger partial charge < -0.3 is 10.0 Å². The van der Waals surface area contributed by atoms with E-state index in [1.165, 1.54) is 13.1 Å². The third kappa shape index (κ3) is 3.75. The monoisotopic (exact) mass is 460 g/mol. The number of aliphatic hydroxyl groups excluding tert-OH is 1. The standard InChI is InChI=1S/C24H24N6O4/c1-13-3-4-15(11-25-13)18-5-6-19-20(27-18)21-17(12-26-19)22(32)28-24(34)30(21)16-7-9-29(10-8-16)23(33)14(2)31/h3-6,11-12,14,16,31H,7-10H2,1-2H3,(H,28,32,34)/t14-/m0/s1. The normalized spacial score (nSPS) is 15.7. The summed E-state index contributed by atoms with van der Waals surface area (Å²) in [5.41, 5.74) is 2.78. The lowest BCUT2D eigenvalue weighted by Gasteiger charge is -2.34. The van der Waals surface area contributed by atoms with Crippen LogP contribution in [0.1, 0.15) is 31.5 Å². The smallest absolute Gasteiger partial charge is 0.329 e. The number of fused-ring (bicyclic) bond motifs is 3. The Balaban J connectivity index is 1.66. The van der Waals surface area contributed by atoms with Gasteiger partial charge in [0.2, 0.25) is 0 Å². The van der Waals surface area contributed by atoms with Crippen molar-refractivity contribution in [3.63, 3.8) is 0 Å². The average molecular weight is 460 g/mol. The molecule has 1 aliphatic heterocycles. The van der Waals surface area contributed by atoms with Crippen molar-refractivity contribution in [3.8, 4) is 11.3 Å². The zero-order chi connectivity index (χ0) is 24.0. The number of likely N-dealkylation sites (tertiary alicyclic amines) is 1. The van der Waals surface area contributed by atoms with Gasteiger partial charge in [-0.1, -0.05) is 0 Å². The number of carbonyl (C=O) groups is 1. The minimum absolute atomic E-state index is 0.248. The van der Waals surface area contributed by atoms with Crippen molar-refractivity contribution >= 4 is 27.8 Å². The molecule has 0 spiro atoms. The number of carbonyl (C=O) groups excluding carboxylic acids is 1. The van der Waals surface area contributed by atoms with Gasteiger partial charge in [0.25, 0.3) is 11.5 Å². The number of hydrogen-bond acceptors (Lipinski definition) is 7. The SMILES string of the molecule is Cc1ccc(-c2ccc3ncc4c(=O)[nH]c(=O)n(C5CCN(C(=O)[C@H](C)O)CC5)c4c3n2)cn1. The highest BCUT2D eigenvalue weighted by atomic mass is 16.3. The number of piperidine rings is 1. The summed E-state index contributed by atoms with van der Waals surface area (Å²) < 4.78 is 1.58. The zero-order valence-corrected chi connectivity index (χ0v) is 18.9. The van der Waals surface area contributed by atoms with Gasteiger partial charge in [-0.15, -0.1) is 0 Å². The number of rotatable bonds is 3. The van der Waals surface area contributed by atoms with Crippen LogP contribution in [-0.2, 0) is 4.79 Å². The second-order valence-electron chi connectivity index (χ2n) is 8.63. The van der Waals surface area contributed by atoms with Crippen molar-refractivity contribution in [2.45, 2.75) is 38.8 Å². The van der Waals surface area contributed by atoms with Gasteiger partial charge in [-0.25, -0.2) is 9.78 Å². The lowest BCUT2D eigenvalue weighted by atomic mass is 10.0. The molecule has 174 valence electrons. The number of aromatic amines is 1. The van der Waals surface area contributed by atoms with Gasteiger partial charge in [-0.3, -0.25) is 29.1 Å². The molecule has 4 aromatic heterocycles. The molecule has 5 rings (SSSR count). The van der Waals surface area contributed by atoms with Gasteiger partial charge in [-0.05, 0) is 51.0 Å². The number of aryl methyl sites for hydroxylation is 1. The molecule has 2 N–H and O–H groups in total. The Hall–Kier alpha value is -3.92. The van der Waals surface area contributed by atoms with Crippen molar-refractivity contribution < 1.29 is 9.90 Å². The van der Waals surface area contributed by atoms with E-state index in [0.29, 0.717) is 48.2 Å². The van der Waals surface area contributed by atoms with Crippen LogP contribution in [0, 0.1) is 6.92 Å². The number of pyridine rings is 3. The number of aromatic nitrogens is 5. The largest absolute Gasteiger partial charge is 0.384 e. The third-order valence-corrected chi connectivity index (χ3v) is 6.32. The molecule has 5 heterocycles. The Morgan fingerprint density at radius 1 is 1.12 bits per heavy atom. The van der Waals surface area contributed by atoms with E-state index in [1.807, 2.05) is 31.2 Å². The fourth-order valence-corrected chi connectivity index (χ4v) is 4.53. The Morgan fingerprint density at radius 2 is 1.88 bits per heavy atom. The highest BCUT2D eigenvalue weighted by molar-refractivity contribution is 6.01. The van der Waals surface area contributed by atoms with E-state index in [0.717, 1.165) is 11.3 Å². The van der Waals surface area contributed by atoms with Gasteiger partial charge >= 0.3 is 5.69 Å². The number of hydrogen-bond donors (Lipinski definition) is 2. The molecule has 1 atom stereocenters. The average Bonchev–Trinajstić information content (AvgIpc) is 2.84. The van der Waals surface area contributed by atoms with Crippen molar-refractivity contribution in [1.29, 1.82) is 0 Å². The predicted octanol–water partition coefficient (Wildman–Crippen LogP) is 1.55. The van der Waals surface area contributed by atoms with E-state index in [4.69, 9.17) is 4.98 Å². The first-order chi connectivity index (χ1) is 16.3. The van der Waals surface area contributed by atoms with Gasteiger partial charge in [0.05, 0.1) is 22.1 Å². The van der Waals surface area contributed by atoms with Crippen LogP contribution in [0.25, 0.3) is 33.2 Å². The van der Waals surface area contributed by atoms with Crippen molar-refractivity contribution in [1.82, 2.24) is 29.4 Å². The van der Waals surface area contributed by atoms with Crippen LogP contribution in [-0.4, -0.2) is 59.6 Å². The highest BCUT2D eigenvalue weighted by Gasteiger charge is 2.28. The Bertz CT molecular complexity index is 1520. The molecule has 1 saturated heterocycles. The molecule has 0 aromatic carbocycles. The second-order valence-corrected chi connectivity index (χ2v) is 8.63. The molecule has 0 unspecified atom stereocenters. The van der Waals surface area contributed by atoms with E-state index >= 15 is 0 Å². The van der Waals surface area contributed by atoms with Crippen LogP contribution in [0.15, 0.2) is 46.2 Å². The Morgan fingerprint density at radius 3 is 2.56 bits per heavy atom. The van der Waals surface area contributed by atoms with Gasteiger partial charge in [0.1, 0.15) is 11.6 Å². The van der Waals surface area contributed by atoms with E-state index in [2.05, 4.69) is 15.0 Å². The van der Waals surface area contributed by atoms with Crippen LogP contribution >= 0.6 is 0 Å². The molecule has 0 aliphatic carbocycles. The number of H-pyrrole nitrogens is 1. The van der Waals surface area contributed by atoms with Gasteiger partial charge in [-0.2, -0.15) is 0 Å². The second kappa shape index (κ2) is 8.45. The van der Waals surface area contributed by atoms with Gasteiger partial charge in [0.15, 0.2) is 0 Å². The molecular formula is C24H24N6O4. The molecule has 34 heavy (non-hydrogen) atoms. The molecule has 0 bridgehead atoms. The Labute approximate surface area is 193 Å². The molecule has 0 saturated carbocycles. The van der Waals surface area contributed by atoms with E-state index in [1.54, 1.807) is 15.7 Å². The fourth-order valence-electron chi connectivity index (χ4n) is 4.53. The summed E-state index contributed by atoms with van der Waals surface area (Å²) in [6, 6.07) is 7.22. The molecule has 10 heteroatoms. The molecular weight excluding hydrogens is 436 g/mol. The fraction of sp³-hybridized carbons (Fsp3) is 0.333. The molecule has 1 fully saturated rings. The first kappa shape index (κ1) is 21.9. The van der Waals surface area contributed by atoms with Crippen LogP contribution in [0.4, 0.5) is 0 Å². The van der Waals surface area contributed by atoms with Crippen molar-refractivity contribution in [3.05, 3.63) is 63.2 Å². The first-order valence-corrected chi connectivity index (χ1v) is 11.2. The number of amides is 1. The van der Waals surface area contributed by atoms with Crippen LogP contribution in [0.2, 0.25) is 0 Å². The quantitative estimate of drug-likeness (QED) is 0.443. The van der Waals surface area contributed by atoms with E-state index in [9.17, 15) is 19.5 Å². The highest BCUT2D eigenvalue weighted by Crippen LogP contribution is 2.28. The topological polar surface area (TPSA) is 134 Å². The predicted molar refractivity (Wildman–Crippen MR) is 126 cm³/mol. The van der Waals surface area contributed by atoms with Crippen molar-refractivity contribution in [2.24, 2.45) is 0 Å². The summed E-state index contributed by atoms with van der Waals surface area (Å²) >= 11 is 0. The molecule has 10 nitrogen and oxygen atoms in total. The lowest BCUT2D eigenvalue weighted by Crippen LogP contribution is -2.45. The minimum Gasteiger partial charge on any atom is -0.384 e. The zero-order valence-electron chi connectivity index (χ0n) is 18.9. The van der Waals surface area contributed by atoms with E-state index < -0.39 is 17.4 Å². The third-order valence-electron chi connectivity index (χ3n) is 6.32. The maximum atomic E-state index is 13.0. The van der Waals surface area contributed by atoms with E-state index in [-0.39, 0.29) is 17.3 Å². The lowest BCUT2D eigenvalue weighted by molar-refractivity contribution is -0.140. The molecule has 1 amide bonds. The van der Waals surface area contributed by atoms with Crippen LogP contribution < -0.4 is 11.2 Å². The summed E-state index contributed by atoms with van der Waals surface area (Å²) in [6.45, 7) is 4.15. The summed E-state index contributed by atoms with van der Waals surface area (Å²) in [5, 5.41) is 9.90. The minimum atomic E-state index is -1.07. The summed E-state index contributed by atoms with van der Waals surface area (Å²) in [7, 11) is 0. The van der Waals surface area contributed by atoms with Gasteiger partial charge in [0, 0.05) is 42.8 Å². The maximum Gasteiger partial charge on any atom is 0.329 e. The molecule has 4 aromatic rings. The number of aliphatic hydroxyl groups is 1. The summed E-state index contributed by atoms with van der Waals surface area (Å²) in [4.78, 5) is 55.4. The first-order valence-electron chi connectivity index (χ1n) is 11.2. The van der Waals surface area contributed by atoms with Crippen LogP contribution in [0.3, 0.4) is 0 Å².